The first-order valence-electron chi connectivity index (χ1n) is 6.90. The van der Waals surface area contributed by atoms with Gasteiger partial charge in [0.05, 0.1) is 10.6 Å². The van der Waals surface area contributed by atoms with Gasteiger partial charge in [-0.25, -0.2) is 4.68 Å². The Morgan fingerprint density at radius 1 is 1.33 bits per heavy atom. The summed E-state index contributed by atoms with van der Waals surface area (Å²) in [6.45, 7) is 1.74. The summed E-state index contributed by atoms with van der Waals surface area (Å²) in [5.41, 5.74) is 0. The number of hydrogen-bond donors (Lipinski definition) is 1. The minimum Gasteiger partial charge on any atom is -0.342 e. The first-order chi connectivity index (χ1) is 10.3. The smallest absolute Gasteiger partial charge is 0.233 e. The van der Waals surface area contributed by atoms with E-state index < -0.39 is 0 Å². The van der Waals surface area contributed by atoms with Crippen molar-refractivity contribution in [3.05, 3.63) is 17.5 Å². The summed E-state index contributed by atoms with van der Waals surface area (Å²) in [5.74, 6) is 7.16. The first kappa shape index (κ1) is 14.4. The third-order valence-corrected chi connectivity index (χ3v) is 5.23. The highest BCUT2D eigenvalue weighted by atomic mass is 32.2. The van der Waals surface area contributed by atoms with Gasteiger partial charge in [-0.2, -0.15) is 0 Å². The number of nitrogens with two attached hydrogens (primary N) is 1. The van der Waals surface area contributed by atoms with Gasteiger partial charge in [0.25, 0.3) is 0 Å². The van der Waals surface area contributed by atoms with Crippen LogP contribution in [0.1, 0.15) is 19.3 Å². The Hall–Kier alpha value is -1.54. The van der Waals surface area contributed by atoms with E-state index in [9.17, 15) is 4.79 Å². The lowest BCUT2D eigenvalue weighted by molar-refractivity contribution is -0.129. The molecule has 21 heavy (non-hydrogen) atoms. The Kier molecular flexibility index (Phi) is 4.45. The fourth-order valence-electron chi connectivity index (χ4n) is 2.31. The molecule has 1 fully saturated rings. The Labute approximate surface area is 131 Å². The SMILES string of the molecule is Nn1c(SCC(=O)N2CCCCC2)nnc1-c1cccs1. The second kappa shape index (κ2) is 6.48. The second-order valence-electron chi connectivity index (χ2n) is 4.88. The monoisotopic (exact) mass is 323 g/mol. The highest BCUT2D eigenvalue weighted by Gasteiger charge is 2.19. The van der Waals surface area contributed by atoms with Gasteiger partial charge in [-0.3, -0.25) is 4.79 Å². The Morgan fingerprint density at radius 3 is 2.86 bits per heavy atom. The van der Waals surface area contributed by atoms with E-state index in [1.807, 2.05) is 22.4 Å². The van der Waals surface area contributed by atoms with E-state index in [1.54, 1.807) is 11.3 Å². The van der Waals surface area contributed by atoms with Crippen molar-refractivity contribution in [2.24, 2.45) is 0 Å². The fraction of sp³-hybridized carbons (Fsp3) is 0.462. The van der Waals surface area contributed by atoms with Crippen molar-refractivity contribution < 1.29 is 4.79 Å². The van der Waals surface area contributed by atoms with Crippen LogP contribution in [0.25, 0.3) is 10.7 Å². The van der Waals surface area contributed by atoms with Gasteiger partial charge in [0, 0.05) is 13.1 Å². The molecule has 0 saturated carbocycles. The van der Waals surface area contributed by atoms with E-state index in [4.69, 9.17) is 5.84 Å². The van der Waals surface area contributed by atoms with Crippen molar-refractivity contribution in [1.29, 1.82) is 0 Å². The number of thiophene rings is 1. The van der Waals surface area contributed by atoms with Crippen LogP contribution in [0, 0.1) is 0 Å². The zero-order valence-corrected chi connectivity index (χ0v) is 13.2. The van der Waals surface area contributed by atoms with Crippen LogP contribution in [0.3, 0.4) is 0 Å². The third kappa shape index (κ3) is 3.21. The maximum Gasteiger partial charge on any atom is 0.233 e. The molecule has 1 aliphatic rings. The predicted octanol–water partition coefficient (Wildman–Crippen LogP) is 1.82. The second-order valence-corrected chi connectivity index (χ2v) is 6.77. The summed E-state index contributed by atoms with van der Waals surface area (Å²) in [6, 6.07) is 3.90. The zero-order chi connectivity index (χ0) is 14.7. The molecule has 0 aliphatic carbocycles. The quantitative estimate of drug-likeness (QED) is 0.686. The molecule has 6 nitrogen and oxygen atoms in total. The molecule has 0 atom stereocenters. The molecule has 1 amide bonds. The maximum absolute atomic E-state index is 12.1. The summed E-state index contributed by atoms with van der Waals surface area (Å²) in [5, 5.41) is 10.7. The molecule has 112 valence electrons. The van der Waals surface area contributed by atoms with Crippen LogP contribution in [0.2, 0.25) is 0 Å². The molecule has 0 spiro atoms. The van der Waals surface area contributed by atoms with Crippen molar-refractivity contribution in [3.8, 4) is 10.7 Å². The highest BCUT2D eigenvalue weighted by molar-refractivity contribution is 7.99. The van der Waals surface area contributed by atoms with E-state index in [1.165, 1.54) is 22.9 Å². The number of carbonyl (C=O) groups is 1. The highest BCUT2D eigenvalue weighted by Crippen LogP contribution is 2.25. The van der Waals surface area contributed by atoms with Crippen LogP contribution >= 0.6 is 23.1 Å². The normalized spacial score (nSPS) is 15.3. The van der Waals surface area contributed by atoms with Gasteiger partial charge >= 0.3 is 0 Å². The lowest BCUT2D eigenvalue weighted by Crippen LogP contribution is -2.36. The van der Waals surface area contributed by atoms with Crippen LogP contribution in [0.15, 0.2) is 22.7 Å². The summed E-state index contributed by atoms with van der Waals surface area (Å²) >= 11 is 2.91. The summed E-state index contributed by atoms with van der Waals surface area (Å²) < 4.78 is 1.46. The zero-order valence-electron chi connectivity index (χ0n) is 11.6. The number of aromatic nitrogens is 3. The molecule has 1 aliphatic heterocycles. The van der Waals surface area contributed by atoms with Gasteiger partial charge in [-0.1, -0.05) is 17.8 Å². The summed E-state index contributed by atoms with van der Waals surface area (Å²) in [7, 11) is 0. The number of nitrogen functional groups attached to an aromatic ring is 1. The molecule has 0 unspecified atom stereocenters. The van der Waals surface area contributed by atoms with Crippen molar-refractivity contribution >= 4 is 29.0 Å². The standard InChI is InChI=1S/C13H17N5OS2/c14-18-12(10-5-4-8-20-10)15-16-13(18)21-9-11(19)17-6-2-1-3-7-17/h4-5,8H,1-3,6-7,9,14H2. The number of thioether (sulfide) groups is 1. The minimum atomic E-state index is 0.153. The molecule has 2 aromatic rings. The van der Waals surface area contributed by atoms with Crippen molar-refractivity contribution in [2.45, 2.75) is 24.4 Å². The number of rotatable bonds is 4. The van der Waals surface area contributed by atoms with Crippen molar-refractivity contribution in [3.63, 3.8) is 0 Å². The molecule has 8 heteroatoms. The predicted molar refractivity (Wildman–Crippen MR) is 84.6 cm³/mol. The number of amides is 1. The van der Waals surface area contributed by atoms with Crippen molar-refractivity contribution in [1.82, 2.24) is 19.8 Å². The van der Waals surface area contributed by atoms with Gasteiger partial charge in [-0.05, 0) is 30.7 Å². The van der Waals surface area contributed by atoms with Crippen LogP contribution in [-0.2, 0) is 4.79 Å². The number of likely N-dealkylation sites (tertiary alicyclic amines) is 1. The van der Waals surface area contributed by atoms with Crippen LogP contribution in [0.4, 0.5) is 0 Å². The van der Waals surface area contributed by atoms with Gasteiger partial charge < -0.3 is 10.7 Å². The molecule has 3 heterocycles. The third-order valence-electron chi connectivity index (χ3n) is 3.44. The number of nitrogens with zero attached hydrogens (tertiary/aromatic N) is 4. The average molecular weight is 323 g/mol. The Bertz CT molecular complexity index is 604. The van der Waals surface area contributed by atoms with Crippen molar-refractivity contribution in [2.75, 3.05) is 24.7 Å². The van der Waals surface area contributed by atoms with E-state index >= 15 is 0 Å². The number of hydrogen-bond acceptors (Lipinski definition) is 6. The van der Waals surface area contributed by atoms with Gasteiger partial charge in [-0.15, -0.1) is 21.5 Å². The molecule has 2 N–H and O–H groups in total. The van der Waals surface area contributed by atoms with E-state index in [0.717, 1.165) is 30.8 Å². The van der Waals surface area contributed by atoms with Crippen LogP contribution < -0.4 is 5.84 Å². The molecule has 3 rings (SSSR count). The van der Waals surface area contributed by atoms with Crippen LogP contribution in [0.5, 0.6) is 0 Å². The molecular formula is C13H17N5OS2. The minimum absolute atomic E-state index is 0.153. The lowest BCUT2D eigenvalue weighted by atomic mass is 10.1. The van der Waals surface area contributed by atoms with E-state index in [-0.39, 0.29) is 5.91 Å². The van der Waals surface area contributed by atoms with Gasteiger partial charge in [0.15, 0.2) is 5.82 Å². The maximum atomic E-state index is 12.1. The molecule has 1 saturated heterocycles. The molecule has 2 aromatic heterocycles. The molecule has 0 radical (unpaired) electrons. The molecular weight excluding hydrogens is 306 g/mol. The average Bonchev–Trinajstić information content (AvgIpc) is 3.15. The van der Waals surface area contributed by atoms with Gasteiger partial charge in [0.1, 0.15) is 0 Å². The molecule has 0 bridgehead atoms. The van der Waals surface area contributed by atoms with Gasteiger partial charge in [0.2, 0.25) is 11.1 Å². The fourth-order valence-corrected chi connectivity index (χ4v) is 3.77. The summed E-state index contributed by atoms with van der Waals surface area (Å²) in [4.78, 5) is 15.0. The van der Waals surface area contributed by atoms with E-state index in [0.29, 0.717) is 16.7 Å². The molecule has 0 aromatic carbocycles. The lowest BCUT2D eigenvalue weighted by Gasteiger charge is -2.26. The largest absolute Gasteiger partial charge is 0.342 e. The Balaban J connectivity index is 1.62. The summed E-state index contributed by atoms with van der Waals surface area (Å²) in [6.07, 6.45) is 3.43. The number of carbonyl (C=O) groups excluding carboxylic acids is 1. The Morgan fingerprint density at radius 2 is 2.14 bits per heavy atom. The first-order valence-corrected chi connectivity index (χ1v) is 8.77. The van der Waals surface area contributed by atoms with E-state index in [2.05, 4.69) is 10.2 Å². The number of piperidine rings is 1. The topological polar surface area (TPSA) is 77.0 Å². The van der Waals surface area contributed by atoms with Crippen LogP contribution in [-0.4, -0.2) is 44.5 Å².